The molecule has 1 atom stereocenters. The summed E-state index contributed by atoms with van der Waals surface area (Å²) in [7, 11) is 0. The number of likely N-dealkylation sites (tertiary alicyclic amines) is 1. The number of carboxylic acid groups (broad SMARTS) is 1. The van der Waals surface area contributed by atoms with E-state index in [1.807, 2.05) is 49.4 Å². The van der Waals surface area contributed by atoms with E-state index in [1.54, 1.807) is 6.20 Å². The lowest BCUT2D eigenvalue weighted by Gasteiger charge is -2.35. The number of hydrogen-bond acceptors (Lipinski definition) is 5. The van der Waals surface area contributed by atoms with Crippen molar-refractivity contribution >= 4 is 27.8 Å². The third-order valence-electron chi connectivity index (χ3n) is 6.98. The summed E-state index contributed by atoms with van der Waals surface area (Å²) in [6.45, 7) is 7.52. The van der Waals surface area contributed by atoms with Crippen molar-refractivity contribution in [2.24, 2.45) is 0 Å². The third kappa shape index (κ3) is 4.64. The molecule has 0 spiro atoms. The van der Waals surface area contributed by atoms with Crippen LogP contribution < -0.4 is 10.9 Å². The Morgan fingerprint density at radius 1 is 1.23 bits per heavy atom. The van der Waals surface area contributed by atoms with Gasteiger partial charge in [-0.2, -0.15) is 5.10 Å². The molecule has 4 N–H and O–H groups in total. The van der Waals surface area contributed by atoms with E-state index in [-0.39, 0.29) is 11.5 Å². The van der Waals surface area contributed by atoms with Gasteiger partial charge in [0.15, 0.2) is 0 Å². The topological polar surface area (TPSA) is 114 Å². The Morgan fingerprint density at radius 3 is 2.77 bits per heavy atom. The largest absolute Gasteiger partial charge is 0.480 e. The van der Waals surface area contributed by atoms with Gasteiger partial charge in [-0.25, -0.2) is 4.79 Å². The van der Waals surface area contributed by atoms with E-state index in [4.69, 9.17) is 0 Å². The Bertz CT molecular complexity index is 1460. The van der Waals surface area contributed by atoms with Crippen molar-refractivity contribution in [3.05, 3.63) is 88.1 Å². The van der Waals surface area contributed by atoms with E-state index >= 15 is 0 Å². The zero-order valence-corrected chi connectivity index (χ0v) is 19.7. The van der Waals surface area contributed by atoms with Gasteiger partial charge in [0.05, 0.1) is 17.5 Å². The van der Waals surface area contributed by atoms with Crippen LogP contribution in [0, 0.1) is 6.92 Å². The first-order chi connectivity index (χ1) is 16.9. The smallest absolute Gasteiger partial charge is 0.326 e. The second-order valence-corrected chi connectivity index (χ2v) is 9.34. The maximum absolute atomic E-state index is 12.7. The van der Waals surface area contributed by atoms with Gasteiger partial charge in [-0.15, -0.1) is 0 Å². The van der Waals surface area contributed by atoms with Gasteiger partial charge in [0.1, 0.15) is 6.04 Å². The number of nitrogens with one attached hydrogen (secondary N) is 3. The summed E-state index contributed by atoms with van der Waals surface area (Å²) in [5.41, 5.74) is 4.55. The summed E-state index contributed by atoms with van der Waals surface area (Å²) in [6.07, 6.45) is 3.68. The molecule has 180 valence electrons. The molecule has 1 saturated heterocycles. The van der Waals surface area contributed by atoms with Gasteiger partial charge in [0.25, 0.3) is 5.56 Å². The summed E-state index contributed by atoms with van der Waals surface area (Å²) in [5, 5.41) is 22.0. The standard InChI is InChI=1S/C27H29N5O3/c1-16-11-18(12-21-15-28-31-25(16)21)13-24(27(34)35)29-17(2)32-9-7-19(8-10-32)22-14-20-5-3-4-6-23(20)30-26(22)33/h3-6,11-12,14-15,19,24,29H,2,7-10,13H2,1H3,(H,28,31)(H,30,33)(H,34,35). The van der Waals surface area contributed by atoms with Gasteiger partial charge >= 0.3 is 5.97 Å². The molecule has 1 aliphatic rings. The van der Waals surface area contributed by atoms with E-state index in [9.17, 15) is 14.7 Å². The number of aromatic amines is 2. The molecule has 1 fully saturated rings. The number of rotatable bonds is 7. The highest BCUT2D eigenvalue weighted by molar-refractivity contribution is 5.82. The first kappa shape index (κ1) is 22.7. The van der Waals surface area contributed by atoms with Crippen molar-refractivity contribution < 1.29 is 9.90 Å². The zero-order chi connectivity index (χ0) is 24.5. The van der Waals surface area contributed by atoms with Crippen molar-refractivity contribution in [1.29, 1.82) is 0 Å². The number of aromatic nitrogens is 3. The van der Waals surface area contributed by atoms with Crippen molar-refractivity contribution in [1.82, 2.24) is 25.4 Å². The number of carbonyl (C=O) groups is 1. The molecule has 0 saturated carbocycles. The quantitative estimate of drug-likeness (QED) is 0.327. The number of aliphatic carboxylic acids is 1. The van der Waals surface area contributed by atoms with Crippen LogP contribution in [0.5, 0.6) is 0 Å². The van der Waals surface area contributed by atoms with Crippen LogP contribution in [0.25, 0.3) is 21.8 Å². The van der Waals surface area contributed by atoms with Gasteiger partial charge in [-0.05, 0) is 60.4 Å². The van der Waals surface area contributed by atoms with Crippen LogP contribution in [0.1, 0.15) is 35.4 Å². The monoisotopic (exact) mass is 471 g/mol. The molecular weight excluding hydrogens is 442 g/mol. The number of para-hydroxylation sites is 1. The highest BCUT2D eigenvalue weighted by Crippen LogP contribution is 2.28. The second kappa shape index (κ2) is 9.29. The lowest BCUT2D eigenvalue weighted by atomic mass is 9.89. The van der Waals surface area contributed by atoms with Crippen LogP contribution in [-0.4, -0.2) is 50.3 Å². The minimum Gasteiger partial charge on any atom is -0.480 e. The van der Waals surface area contributed by atoms with Crippen LogP contribution >= 0.6 is 0 Å². The highest BCUT2D eigenvalue weighted by atomic mass is 16.4. The summed E-state index contributed by atoms with van der Waals surface area (Å²) >= 11 is 0. The molecule has 8 nitrogen and oxygen atoms in total. The van der Waals surface area contributed by atoms with Crippen LogP contribution in [0.4, 0.5) is 0 Å². The lowest BCUT2D eigenvalue weighted by Crippen LogP contribution is -2.45. The molecular formula is C27H29N5O3. The Hall–Kier alpha value is -4.07. The number of pyridine rings is 1. The predicted molar refractivity (Wildman–Crippen MR) is 136 cm³/mol. The Labute approximate surface area is 202 Å². The third-order valence-corrected chi connectivity index (χ3v) is 6.98. The molecule has 35 heavy (non-hydrogen) atoms. The molecule has 3 heterocycles. The first-order valence-corrected chi connectivity index (χ1v) is 11.9. The fraction of sp³-hybridized carbons (Fsp3) is 0.296. The number of piperidine rings is 1. The number of benzene rings is 2. The Balaban J connectivity index is 1.24. The van der Waals surface area contributed by atoms with Gasteiger partial charge < -0.3 is 20.3 Å². The zero-order valence-electron chi connectivity index (χ0n) is 19.7. The van der Waals surface area contributed by atoms with Crippen LogP contribution in [0.15, 0.2) is 65.9 Å². The average Bonchev–Trinajstić information content (AvgIpc) is 3.32. The van der Waals surface area contributed by atoms with E-state index < -0.39 is 12.0 Å². The molecule has 0 bridgehead atoms. The van der Waals surface area contributed by atoms with Crippen molar-refractivity contribution in [2.45, 2.75) is 38.1 Å². The maximum Gasteiger partial charge on any atom is 0.326 e. The number of aryl methyl sites for hydroxylation is 1. The van der Waals surface area contributed by atoms with Gasteiger partial charge in [0.2, 0.25) is 0 Å². The van der Waals surface area contributed by atoms with Crippen molar-refractivity contribution in [3.63, 3.8) is 0 Å². The van der Waals surface area contributed by atoms with Crippen LogP contribution in [-0.2, 0) is 11.2 Å². The minimum atomic E-state index is -0.923. The fourth-order valence-electron chi connectivity index (χ4n) is 5.09. The van der Waals surface area contributed by atoms with E-state index in [1.165, 1.54) is 0 Å². The van der Waals surface area contributed by atoms with E-state index in [0.717, 1.165) is 51.3 Å². The highest BCUT2D eigenvalue weighted by Gasteiger charge is 2.26. The van der Waals surface area contributed by atoms with Gasteiger partial charge in [0, 0.05) is 36.0 Å². The molecule has 2 aromatic heterocycles. The molecule has 1 unspecified atom stereocenters. The summed E-state index contributed by atoms with van der Waals surface area (Å²) < 4.78 is 0. The van der Waals surface area contributed by atoms with Crippen molar-refractivity contribution in [2.75, 3.05) is 13.1 Å². The predicted octanol–water partition coefficient (Wildman–Crippen LogP) is 3.65. The number of carboxylic acids is 1. The normalized spacial score (nSPS) is 15.4. The number of hydrogen-bond donors (Lipinski definition) is 4. The van der Waals surface area contributed by atoms with Crippen LogP contribution in [0.2, 0.25) is 0 Å². The molecule has 4 aromatic rings. The van der Waals surface area contributed by atoms with Gasteiger partial charge in [-0.3, -0.25) is 9.89 Å². The molecule has 1 aliphatic heterocycles. The van der Waals surface area contributed by atoms with E-state index in [2.05, 4.69) is 32.0 Å². The Morgan fingerprint density at radius 2 is 2.00 bits per heavy atom. The maximum atomic E-state index is 12.7. The number of fused-ring (bicyclic) bond motifs is 2. The average molecular weight is 472 g/mol. The Kier molecular flexibility index (Phi) is 6.03. The molecule has 8 heteroatoms. The lowest BCUT2D eigenvalue weighted by molar-refractivity contribution is -0.139. The minimum absolute atomic E-state index is 0.0325. The van der Waals surface area contributed by atoms with Crippen molar-refractivity contribution in [3.8, 4) is 0 Å². The van der Waals surface area contributed by atoms with Crippen LogP contribution in [0.3, 0.4) is 0 Å². The SMILES string of the molecule is C=C(NC(Cc1cc(C)c2[nH]ncc2c1)C(=O)O)N1CCC(c2cc3ccccc3[nH]c2=O)CC1. The van der Waals surface area contributed by atoms with Gasteiger partial charge in [-0.1, -0.05) is 30.8 Å². The molecule has 0 amide bonds. The van der Waals surface area contributed by atoms with E-state index in [0.29, 0.717) is 25.3 Å². The fourth-order valence-corrected chi connectivity index (χ4v) is 5.09. The first-order valence-electron chi connectivity index (χ1n) is 11.9. The molecule has 5 rings (SSSR count). The number of H-pyrrole nitrogens is 2. The summed E-state index contributed by atoms with van der Waals surface area (Å²) in [6, 6.07) is 13.0. The summed E-state index contributed by atoms with van der Waals surface area (Å²) in [4.78, 5) is 29.8. The molecule has 2 aromatic carbocycles. The number of nitrogens with zero attached hydrogens (tertiary/aromatic N) is 2. The molecule has 0 aliphatic carbocycles. The molecule has 0 radical (unpaired) electrons. The summed E-state index contributed by atoms with van der Waals surface area (Å²) in [5.74, 6) is -0.162. The second-order valence-electron chi connectivity index (χ2n) is 9.34.